The Bertz CT molecular complexity index is 596. The van der Waals surface area contributed by atoms with Crippen molar-refractivity contribution in [1.82, 2.24) is 5.32 Å². The fourth-order valence-corrected chi connectivity index (χ4v) is 2.83. The predicted octanol–water partition coefficient (Wildman–Crippen LogP) is 4.92. The Kier molecular flexibility index (Phi) is 5.66. The van der Waals surface area contributed by atoms with E-state index in [4.69, 9.17) is 11.6 Å². The molecule has 0 radical (unpaired) electrons. The largest absolute Gasteiger partial charge is 0.340 e. The number of nitrogens with one attached hydrogen (secondary N) is 1. The number of halogens is 1. The van der Waals surface area contributed by atoms with Gasteiger partial charge in [0, 0.05) is 18.8 Å². The Morgan fingerprint density at radius 1 is 1.10 bits per heavy atom. The molecule has 3 heteroatoms. The number of hydrogen-bond acceptors (Lipinski definition) is 2. The number of benzene rings is 2. The molecule has 0 heterocycles. The van der Waals surface area contributed by atoms with Gasteiger partial charge in [-0.15, -0.1) is 0 Å². The van der Waals surface area contributed by atoms with Crippen LogP contribution in [0.2, 0.25) is 5.02 Å². The van der Waals surface area contributed by atoms with Crippen molar-refractivity contribution in [3.63, 3.8) is 0 Å². The van der Waals surface area contributed by atoms with E-state index in [0.717, 1.165) is 30.3 Å². The molecule has 1 N–H and O–H groups in total. The Labute approximate surface area is 132 Å². The Balaban J connectivity index is 2.46. The van der Waals surface area contributed by atoms with E-state index >= 15 is 0 Å². The molecule has 0 atom stereocenters. The molecule has 2 aromatic carbocycles. The first-order valence-corrected chi connectivity index (χ1v) is 7.87. The van der Waals surface area contributed by atoms with Gasteiger partial charge in [-0.2, -0.15) is 0 Å². The molecule has 0 aromatic heterocycles. The summed E-state index contributed by atoms with van der Waals surface area (Å²) in [7, 11) is 0. The van der Waals surface area contributed by atoms with Crippen LogP contribution in [0.15, 0.2) is 42.5 Å². The number of nitrogens with zero attached hydrogens (tertiary/aromatic N) is 1. The molecule has 112 valence electrons. The van der Waals surface area contributed by atoms with E-state index in [0.29, 0.717) is 0 Å². The van der Waals surface area contributed by atoms with E-state index in [1.165, 1.54) is 16.8 Å². The van der Waals surface area contributed by atoms with Crippen molar-refractivity contribution < 1.29 is 0 Å². The minimum Gasteiger partial charge on any atom is -0.340 e. The number of para-hydroxylation sites is 1. The first-order chi connectivity index (χ1) is 10.2. The summed E-state index contributed by atoms with van der Waals surface area (Å²) in [6.45, 7) is 9.04. The highest BCUT2D eigenvalue weighted by Crippen LogP contribution is 2.35. The quantitative estimate of drug-likeness (QED) is 0.815. The van der Waals surface area contributed by atoms with Crippen molar-refractivity contribution in [2.75, 3.05) is 18.0 Å². The standard InChI is InChI=1S/C18H23ClN2/c1-4-20-13-15-9-7-11-17(19)18(15)21(5-2)16-10-6-8-14(3)12-16/h6-12,20H,4-5,13H2,1-3H3. The molecule has 2 aromatic rings. The predicted molar refractivity (Wildman–Crippen MR) is 92.7 cm³/mol. The molecular formula is C18H23ClN2. The van der Waals surface area contributed by atoms with Gasteiger partial charge in [0.25, 0.3) is 0 Å². The highest BCUT2D eigenvalue weighted by molar-refractivity contribution is 6.33. The van der Waals surface area contributed by atoms with Crippen LogP contribution in [0, 0.1) is 6.92 Å². The van der Waals surface area contributed by atoms with Crippen LogP contribution in [0.4, 0.5) is 11.4 Å². The van der Waals surface area contributed by atoms with Crippen LogP contribution in [0.25, 0.3) is 0 Å². The zero-order valence-corrected chi connectivity index (χ0v) is 13.7. The van der Waals surface area contributed by atoms with E-state index in [1.807, 2.05) is 12.1 Å². The first kappa shape index (κ1) is 15.9. The molecular weight excluding hydrogens is 280 g/mol. The van der Waals surface area contributed by atoms with Gasteiger partial charge in [0.15, 0.2) is 0 Å². The highest BCUT2D eigenvalue weighted by Gasteiger charge is 2.15. The van der Waals surface area contributed by atoms with Crippen molar-refractivity contribution in [2.24, 2.45) is 0 Å². The lowest BCUT2D eigenvalue weighted by atomic mass is 10.1. The summed E-state index contributed by atoms with van der Waals surface area (Å²) >= 11 is 6.50. The third-order valence-corrected chi connectivity index (χ3v) is 3.84. The molecule has 21 heavy (non-hydrogen) atoms. The van der Waals surface area contributed by atoms with Crippen LogP contribution in [-0.4, -0.2) is 13.1 Å². The number of hydrogen-bond donors (Lipinski definition) is 1. The van der Waals surface area contributed by atoms with E-state index in [-0.39, 0.29) is 0 Å². The average molecular weight is 303 g/mol. The van der Waals surface area contributed by atoms with Crippen molar-refractivity contribution in [2.45, 2.75) is 27.3 Å². The van der Waals surface area contributed by atoms with Crippen molar-refractivity contribution in [3.8, 4) is 0 Å². The number of aryl methyl sites for hydroxylation is 1. The van der Waals surface area contributed by atoms with Gasteiger partial charge in [0.1, 0.15) is 0 Å². The van der Waals surface area contributed by atoms with Gasteiger partial charge in [-0.1, -0.05) is 42.8 Å². The van der Waals surface area contributed by atoms with Gasteiger partial charge in [-0.25, -0.2) is 0 Å². The minimum atomic E-state index is 0.800. The summed E-state index contributed by atoms with van der Waals surface area (Å²) in [5.74, 6) is 0. The molecule has 0 unspecified atom stereocenters. The maximum atomic E-state index is 6.50. The first-order valence-electron chi connectivity index (χ1n) is 7.49. The summed E-state index contributed by atoms with van der Waals surface area (Å²) in [6, 6.07) is 14.7. The molecule has 0 spiro atoms. The summed E-state index contributed by atoms with van der Waals surface area (Å²) in [6.07, 6.45) is 0. The van der Waals surface area contributed by atoms with E-state index in [1.54, 1.807) is 0 Å². The Hall–Kier alpha value is -1.51. The van der Waals surface area contributed by atoms with E-state index in [9.17, 15) is 0 Å². The van der Waals surface area contributed by atoms with Crippen LogP contribution in [0.1, 0.15) is 25.0 Å². The van der Waals surface area contributed by atoms with E-state index in [2.05, 4.69) is 61.3 Å². The molecule has 0 aliphatic carbocycles. The van der Waals surface area contributed by atoms with Gasteiger partial charge >= 0.3 is 0 Å². The van der Waals surface area contributed by atoms with Gasteiger partial charge in [0.05, 0.1) is 10.7 Å². The van der Waals surface area contributed by atoms with Gasteiger partial charge < -0.3 is 10.2 Å². The third-order valence-electron chi connectivity index (χ3n) is 3.54. The molecule has 0 aliphatic heterocycles. The fraction of sp³-hybridized carbons (Fsp3) is 0.333. The molecule has 0 saturated heterocycles. The fourth-order valence-electron chi connectivity index (χ4n) is 2.53. The van der Waals surface area contributed by atoms with Crippen molar-refractivity contribution in [3.05, 3.63) is 58.6 Å². The smallest absolute Gasteiger partial charge is 0.0646 e. The lowest BCUT2D eigenvalue weighted by Crippen LogP contribution is -2.21. The molecule has 2 rings (SSSR count). The summed E-state index contributed by atoms with van der Waals surface area (Å²) in [4.78, 5) is 2.28. The molecule has 0 bridgehead atoms. The third kappa shape index (κ3) is 3.78. The second-order valence-corrected chi connectivity index (χ2v) is 5.52. The maximum absolute atomic E-state index is 6.50. The highest BCUT2D eigenvalue weighted by atomic mass is 35.5. The SMILES string of the molecule is CCNCc1cccc(Cl)c1N(CC)c1cccc(C)c1. The van der Waals surface area contributed by atoms with Crippen molar-refractivity contribution >= 4 is 23.0 Å². The van der Waals surface area contributed by atoms with Crippen LogP contribution in [0.5, 0.6) is 0 Å². The molecule has 2 nitrogen and oxygen atoms in total. The van der Waals surface area contributed by atoms with Gasteiger partial charge in [-0.3, -0.25) is 0 Å². The van der Waals surface area contributed by atoms with Crippen LogP contribution in [0.3, 0.4) is 0 Å². The Morgan fingerprint density at radius 2 is 1.86 bits per heavy atom. The van der Waals surface area contributed by atoms with Crippen LogP contribution in [-0.2, 0) is 6.54 Å². The Morgan fingerprint density at radius 3 is 2.52 bits per heavy atom. The summed E-state index contributed by atoms with van der Waals surface area (Å²) < 4.78 is 0. The monoisotopic (exact) mass is 302 g/mol. The topological polar surface area (TPSA) is 15.3 Å². The summed E-state index contributed by atoms with van der Waals surface area (Å²) in [5, 5.41) is 4.19. The molecule has 0 amide bonds. The van der Waals surface area contributed by atoms with E-state index < -0.39 is 0 Å². The lowest BCUT2D eigenvalue weighted by molar-refractivity contribution is 0.725. The number of rotatable bonds is 6. The maximum Gasteiger partial charge on any atom is 0.0646 e. The minimum absolute atomic E-state index is 0.800. The second kappa shape index (κ2) is 7.48. The second-order valence-electron chi connectivity index (χ2n) is 5.11. The van der Waals surface area contributed by atoms with Gasteiger partial charge in [-0.05, 0) is 49.7 Å². The van der Waals surface area contributed by atoms with Crippen molar-refractivity contribution in [1.29, 1.82) is 0 Å². The number of anilines is 2. The average Bonchev–Trinajstić information content (AvgIpc) is 2.48. The van der Waals surface area contributed by atoms with Gasteiger partial charge in [0.2, 0.25) is 0 Å². The zero-order valence-electron chi connectivity index (χ0n) is 13.0. The molecule has 0 aliphatic rings. The molecule has 0 fully saturated rings. The normalized spacial score (nSPS) is 10.7. The molecule has 0 saturated carbocycles. The summed E-state index contributed by atoms with van der Waals surface area (Å²) in [5.41, 5.74) is 4.77. The van der Waals surface area contributed by atoms with Crippen LogP contribution < -0.4 is 10.2 Å². The zero-order chi connectivity index (χ0) is 15.2. The van der Waals surface area contributed by atoms with Crippen LogP contribution >= 0.6 is 11.6 Å². The lowest BCUT2D eigenvalue weighted by Gasteiger charge is -2.27.